The predicted molar refractivity (Wildman–Crippen MR) is 107 cm³/mol. The fourth-order valence-corrected chi connectivity index (χ4v) is 2.67. The minimum absolute atomic E-state index is 0.630. The van der Waals surface area contributed by atoms with Crippen molar-refractivity contribution in [2.75, 3.05) is 0 Å². The molecule has 0 bridgehead atoms. The van der Waals surface area contributed by atoms with E-state index in [9.17, 15) is 0 Å². The van der Waals surface area contributed by atoms with Gasteiger partial charge >= 0.3 is 0 Å². The van der Waals surface area contributed by atoms with E-state index < -0.39 is 0 Å². The Labute approximate surface area is 157 Å². The first-order valence-electron chi connectivity index (χ1n) is 7.82. The lowest BCUT2D eigenvalue weighted by Crippen LogP contribution is -1.76. The highest BCUT2D eigenvalue weighted by Crippen LogP contribution is 2.24. The van der Waals surface area contributed by atoms with Crippen LogP contribution in [0.1, 0.15) is 16.7 Å². The van der Waals surface area contributed by atoms with Gasteiger partial charge in [-0.25, -0.2) is 0 Å². The average molecular weight is 367 g/mol. The summed E-state index contributed by atoms with van der Waals surface area (Å²) < 4.78 is 0. The van der Waals surface area contributed by atoms with Crippen molar-refractivity contribution in [3.63, 3.8) is 0 Å². The molecule has 0 saturated carbocycles. The number of benzene rings is 3. The summed E-state index contributed by atoms with van der Waals surface area (Å²) in [4.78, 5) is 0. The summed E-state index contributed by atoms with van der Waals surface area (Å²) in [6, 6.07) is 21.2. The zero-order valence-electron chi connectivity index (χ0n) is 13.7. The summed E-state index contributed by atoms with van der Waals surface area (Å²) in [7, 11) is 0. The highest BCUT2D eigenvalue weighted by Gasteiger charge is 1.98. The minimum Gasteiger partial charge on any atom is -0.151 e. The van der Waals surface area contributed by atoms with Crippen LogP contribution in [0.4, 0.5) is 11.4 Å². The van der Waals surface area contributed by atoms with Gasteiger partial charge in [-0.2, -0.15) is 10.2 Å². The van der Waals surface area contributed by atoms with Crippen molar-refractivity contribution in [3.05, 3.63) is 93.5 Å². The molecule has 0 aliphatic heterocycles. The Bertz CT molecular complexity index is 912. The van der Waals surface area contributed by atoms with Gasteiger partial charge in [0.25, 0.3) is 0 Å². The van der Waals surface area contributed by atoms with Crippen molar-refractivity contribution in [3.8, 4) is 0 Å². The van der Waals surface area contributed by atoms with E-state index in [2.05, 4.69) is 10.2 Å². The first-order valence-corrected chi connectivity index (χ1v) is 8.57. The van der Waals surface area contributed by atoms with Gasteiger partial charge in [0.05, 0.1) is 11.4 Å². The number of hydrogen-bond acceptors (Lipinski definition) is 2. The number of azo groups is 1. The highest BCUT2D eigenvalue weighted by atomic mass is 35.5. The molecular formula is C21H16Cl2N2. The number of hydrogen-bond donors (Lipinski definition) is 0. The van der Waals surface area contributed by atoms with Gasteiger partial charge in [-0.15, -0.1) is 0 Å². The van der Waals surface area contributed by atoms with Gasteiger partial charge in [0.2, 0.25) is 0 Å². The largest absolute Gasteiger partial charge is 0.151 e. The summed E-state index contributed by atoms with van der Waals surface area (Å²) in [6.07, 6.45) is 3.96. The van der Waals surface area contributed by atoms with Gasteiger partial charge in [0, 0.05) is 10.0 Å². The molecule has 3 aromatic rings. The van der Waals surface area contributed by atoms with E-state index in [0.29, 0.717) is 10.0 Å². The Hall–Kier alpha value is -2.42. The van der Waals surface area contributed by atoms with E-state index in [0.717, 1.165) is 22.5 Å². The smallest absolute Gasteiger partial charge is 0.0857 e. The van der Waals surface area contributed by atoms with Crippen LogP contribution < -0.4 is 0 Å². The Morgan fingerprint density at radius 1 is 0.720 bits per heavy atom. The molecule has 2 nitrogen and oxygen atoms in total. The molecule has 0 fully saturated rings. The van der Waals surface area contributed by atoms with Gasteiger partial charge in [-0.05, 0) is 54.4 Å². The number of rotatable bonds is 4. The molecule has 0 unspecified atom stereocenters. The molecular weight excluding hydrogens is 351 g/mol. The lowest BCUT2D eigenvalue weighted by atomic mass is 10.1. The topological polar surface area (TPSA) is 24.7 Å². The van der Waals surface area contributed by atoms with Gasteiger partial charge in [0.1, 0.15) is 0 Å². The van der Waals surface area contributed by atoms with Crippen LogP contribution in [0.15, 0.2) is 77.0 Å². The van der Waals surface area contributed by atoms with Crippen LogP contribution in [0.5, 0.6) is 0 Å². The molecule has 3 rings (SSSR count). The van der Waals surface area contributed by atoms with Crippen LogP contribution >= 0.6 is 23.2 Å². The second-order valence-corrected chi connectivity index (χ2v) is 6.47. The molecule has 0 aliphatic carbocycles. The van der Waals surface area contributed by atoms with E-state index in [-0.39, 0.29) is 0 Å². The fourth-order valence-electron chi connectivity index (χ4n) is 2.20. The predicted octanol–water partition coefficient (Wildman–Crippen LogP) is 7.89. The summed E-state index contributed by atoms with van der Waals surface area (Å²) >= 11 is 12.1. The third kappa shape index (κ3) is 5.02. The van der Waals surface area contributed by atoms with Crippen LogP contribution in [0.2, 0.25) is 10.0 Å². The van der Waals surface area contributed by atoms with Crippen molar-refractivity contribution in [1.29, 1.82) is 0 Å². The molecule has 0 aromatic heterocycles. The molecule has 0 aliphatic rings. The highest BCUT2D eigenvalue weighted by molar-refractivity contribution is 6.35. The Morgan fingerprint density at radius 3 is 1.92 bits per heavy atom. The van der Waals surface area contributed by atoms with Gasteiger partial charge in [-0.3, -0.25) is 0 Å². The Balaban J connectivity index is 1.69. The Kier molecular flexibility index (Phi) is 5.64. The quantitative estimate of drug-likeness (QED) is 0.331. The van der Waals surface area contributed by atoms with E-state index in [4.69, 9.17) is 23.2 Å². The molecule has 0 amide bonds. The summed E-state index contributed by atoms with van der Waals surface area (Å²) in [5.41, 5.74) is 4.83. The lowest BCUT2D eigenvalue weighted by molar-refractivity contribution is 1.23. The summed E-state index contributed by atoms with van der Waals surface area (Å²) in [5, 5.41) is 9.75. The summed E-state index contributed by atoms with van der Waals surface area (Å²) in [6.45, 7) is 2.05. The number of aryl methyl sites for hydroxylation is 1. The SMILES string of the molecule is Cc1ccc(N=Nc2ccc(C=Cc3ccc(Cl)cc3Cl)cc2)cc1. The zero-order chi connectivity index (χ0) is 17.6. The van der Waals surface area contributed by atoms with Crippen LogP contribution in [-0.4, -0.2) is 0 Å². The van der Waals surface area contributed by atoms with E-state index in [1.165, 1.54) is 5.56 Å². The molecule has 0 saturated heterocycles. The molecule has 0 spiro atoms. The maximum atomic E-state index is 6.17. The van der Waals surface area contributed by atoms with E-state index in [1.807, 2.05) is 79.7 Å². The molecule has 4 heteroatoms. The van der Waals surface area contributed by atoms with Crippen molar-refractivity contribution >= 4 is 46.7 Å². The molecule has 0 radical (unpaired) electrons. The van der Waals surface area contributed by atoms with E-state index in [1.54, 1.807) is 6.07 Å². The molecule has 3 aromatic carbocycles. The monoisotopic (exact) mass is 366 g/mol. The zero-order valence-corrected chi connectivity index (χ0v) is 15.2. The maximum Gasteiger partial charge on any atom is 0.0857 e. The maximum absolute atomic E-state index is 6.17. The second kappa shape index (κ2) is 8.11. The first kappa shape index (κ1) is 17.4. The molecule has 0 atom stereocenters. The lowest BCUT2D eigenvalue weighted by Gasteiger charge is -1.99. The fraction of sp³-hybridized carbons (Fsp3) is 0.0476. The molecule has 0 heterocycles. The first-order chi connectivity index (χ1) is 12.1. The normalized spacial score (nSPS) is 11.5. The van der Waals surface area contributed by atoms with Crippen LogP contribution in [0.3, 0.4) is 0 Å². The minimum atomic E-state index is 0.630. The Morgan fingerprint density at radius 2 is 1.32 bits per heavy atom. The van der Waals surface area contributed by atoms with Crippen molar-refractivity contribution < 1.29 is 0 Å². The summed E-state index contributed by atoms with van der Waals surface area (Å²) in [5.74, 6) is 0. The third-order valence-corrected chi connectivity index (χ3v) is 4.19. The van der Waals surface area contributed by atoms with Crippen LogP contribution in [-0.2, 0) is 0 Å². The molecule has 124 valence electrons. The van der Waals surface area contributed by atoms with Gasteiger partial charge in [-0.1, -0.05) is 71.2 Å². The van der Waals surface area contributed by atoms with Crippen LogP contribution in [0, 0.1) is 6.92 Å². The van der Waals surface area contributed by atoms with Gasteiger partial charge in [0.15, 0.2) is 0 Å². The van der Waals surface area contributed by atoms with Crippen molar-refractivity contribution in [2.24, 2.45) is 10.2 Å². The van der Waals surface area contributed by atoms with E-state index >= 15 is 0 Å². The standard InChI is InChI=1S/C21H16Cl2N2/c1-15-2-10-19(11-3-15)24-25-20-12-5-16(6-13-20)4-7-17-8-9-18(22)14-21(17)23/h2-14H,1H3. The van der Waals surface area contributed by atoms with Gasteiger partial charge < -0.3 is 0 Å². The third-order valence-electron chi connectivity index (χ3n) is 3.63. The van der Waals surface area contributed by atoms with Crippen LogP contribution in [0.25, 0.3) is 12.2 Å². The van der Waals surface area contributed by atoms with Crippen molar-refractivity contribution in [1.82, 2.24) is 0 Å². The molecule has 25 heavy (non-hydrogen) atoms. The number of halogens is 2. The second-order valence-electron chi connectivity index (χ2n) is 5.63. The van der Waals surface area contributed by atoms with Crippen molar-refractivity contribution in [2.45, 2.75) is 6.92 Å². The number of nitrogens with zero attached hydrogens (tertiary/aromatic N) is 2. The molecule has 0 N–H and O–H groups in total. The average Bonchev–Trinajstić information content (AvgIpc) is 2.61.